The number of rotatable bonds is 28. The van der Waals surface area contributed by atoms with E-state index in [4.69, 9.17) is 14.2 Å². The molecule has 0 bridgehead atoms. The minimum absolute atomic E-state index is 0.0466. The molecule has 2 atom stereocenters. The fourth-order valence-corrected chi connectivity index (χ4v) is 4.66. The first-order chi connectivity index (χ1) is 19.1. The zero-order chi connectivity index (χ0) is 30.1. The Morgan fingerprint density at radius 1 is 0.650 bits per heavy atom. The van der Waals surface area contributed by atoms with Crippen molar-refractivity contribution in [2.45, 2.75) is 148 Å². The molecule has 0 aromatic heterocycles. The summed E-state index contributed by atoms with van der Waals surface area (Å²) in [5, 5.41) is 11.5. The van der Waals surface area contributed by atoms with E-state index in [1.54, 1.807) is 21.1 Å². The minimum atomic E-state index is -1.13. The van der Waals surface area contributed by atoms with Crippen LogP contribution in [0.4, 0.5) is 0 Å². The first-order valence-electron chi connectivity index (χ1n) is 16.1. The number of ether oxygens (including phenoxy) is 3. The van der Waals surface area contributed by atoms with Gasteiger partial charge >= 0.3 is 11.9 Å². The Morgan fingerprint density at radius 3 is 1.55 bits per heavy atom. The Hall–Kier alpha value is -1.67. The zero-order valence-corrected chi connectivity index (χ0v) is 26.5. The predicted octanol–water partition coefficient (Wildman–Crippen LogP) is 5.73. The predicted molar refractivity (Wildman–Crippen MR) is 158 cm³/mol. The number of carbonyl (C=O) groups excluding carboxylic acids is 3. The van der Waals surface area contributed by atoms with Crippen LogP contribution >= 0.6 is 0 Å². The lowest BCUT2D eigenvalue weighted by molar-refractivity contribution is -0.889. The summed E-state index contributed by atoms with van der Waals surface area (Å²) in [5.41, 5.74) is 0. The van der Waals surface area contributed by atoms with Crippen LogP contribution in [-0.2, 0) is 28.6 Å². The molecule has 236 valence electrons. The molecular formula is C32H61NO7. The number of carboxylic acid groups (broad SMARTS) is 1. The highest BCUT2D eigenvalue weighted by molar-refractivity contribution is 5.70. The van der Waals surface area contributed by atoms with Gasteiger partial charge in [0.1, 0.15) is 12.6 Å². The lowest BCUT2D eigenvalue weighted by Crippen LogP contribution is -2.55. The molecule has 8 heteroatoms. The van der Waals surface area contributed by atoms with Crippen LogP contribution in [0.1, 0.15) is 136 Å². The number of carbonyl (C=O) groups is 3. The molecule has 0 aliphatic carbocycles. The highest BCUT2D eigenvalue weighted by Crippen LogP contribution is 2.13. The summed E-state index contributed by atoms with van der Waals surface area (Å²) in [6.07, 6.45) is 18.6. The van der Waals surface area contributed by atoms with Gasteiger partial charge in [-0.15, -0.1) is 0 Å². The maximum Gasteiger partial charge on any atom is 0.306 e. The van der Waals surface area contributed by atoms with Gasteiger partial charge in [-0.2, -0.15) is 0 Å². The Labute approximate surface area is 245 Å². The molecule has 0 saturated carbocycles. The number of hydrogen-bond donors (Lipinski definition) is 0. The van der Waals surface area contributed by atoms with E-state index >= 15 is 0 Å². The number of quaternary nitrogens is 1. The van der Waals surface area contributed by atoms with Crippen LogP contribution in [-0.4, -0.2) is 75.5 Å². The van der Waals surface area contributed by atoms with E-state index in [0.717, 1.165) is 38.5 Å². The van der Waals surface area contributed by atoms with Crippen LogP contribution in [0.5, 0.6) is 0 Å². The third kappa shape index (κ3) is 23.1. The summed E-state index contributed by atoms with van der Waals surface area (Å²) in [7, 11) is 5.38. The fraction of sp³-hybridized carbons (Fsp3) is 0.906. The van der Waals surface area contributed by atoms with Gasteiger partial charge in [-0.1, -0.05) is 104 Å². The van der Waals surface area contributed by atoms with Gasteiger partial charge in [-0.3, -0.25) is 9.59 Å². The van der Waals surface area contributed by atoms with E-state index in [2.05, 4.69) is 13.8 Å². The molecule has 40 heavy (non-hydrogen) atoms. The molecule has 0 rings (SSSR count). The van der Waals surface area contributed by atoms with Gasteiger partial charge in [-0.25, -0.2) is 0 Å². The smallest absolute Gasteiger partial charge is 0.306 e. The molecule has 0 radical (unpaired) electrons. The van der Waals surface area contributed by atoms with Gasteiger partial charge < -0.3 is 28.6 Å². The van der Waals surface area contributed by atoms with E-state index in [9.17, 15) is 19.5 Å². The third-order valence-corrected chi connectivity index (χ3v) is 7.24. The van der Waals surface area contributed by atoms with Gasteiger partial charge in [0.2, 0.25) is 0 Å². The van der Waals surface area contributed by atoms with E-state index in [0.29, 0.717) is 12.8 Å². The van der Waals surface area contributed by atoms with E-state index in [1.165, 1.54) is 64.2 Å². The molecule has 0 spiro atoms. The fourth-order valence-electron chi connectivity index (χ4n) is 4.66. The van der Waals surface area contributed by atoms with Gasteiger partial charge in [0.05, 0.1) is 40.3 Å². The number of unbranched alkanes of at least 4 members (excludes halogenated alkanes) is 14. The number of hydrogen-bond acceptors (Lipinski definition) is 7. The van der Waals surface area contributed by atoms with Crippen molar-refractivity contribution in [3.63, 3.8) is 0 Å². The second-order valence-corrected chi connectivity index (χ2v) is 12.1. The van der Waals surface area contributed by atoms with Crippen molar-refractivity contribution < 1.29 is 38.2 Å². The largest absolute Gasteiger partial charge is 0.544 e. The molecule has 0 heterocycles. The van der Waals surface area contributed by atoms with Crippen molar-refractivity contribution in [2.75, 3.05) is 41.0 Å². The summed E-state index contributed by atoms with van der Waals surface area (Å²) < 4.78 is 16.9. The van der Waals surface area contributed by atoms with E-state index in [-0.39, 0.29) is 42.7 Å². The molecule has 0 amide bonds. The maximum atomic E-state index is 12.4. The normalized spacial score (nSPS) is 13.1. The summed E-state index contributed by atoms with van der Waals surface area (Å²) in [4.78, 5) is 36.2. The SMILES string of the molecule is CCCCCCCCCCCC(=O)OCC(COCCC(C(=O)[O-])[N+](C)(C)C)OC(=O)CCCCCCCCC. The lowest BCUT2D eigenvalue weighted by Gasteiger charge is -2.34. The topological polar surface area (TPSA) is 102 Å². The van der Waals surface area contributed by atoms with Crippen LogP contribution in [0.3, 0.4) is 0 Å². The summed E-state index contributed by atoms with van der Waals surface area (Å²) >= 11 is 0. The molecule has 0 aromatic rings. The Bertz CT molecular complexity index is 648. The standard InChI is InChI=1S/C32H61NO7/c1-6-8-10-12-14-15-17-18-20-22-30(34)39-27-28(26-38-25-24-29(32(36)37)33(3,4)5)40-31(35)23-21-19-16-13-11-9-7-2/h28-29H,6-27H2,1-5H3. The molecule has 8 nitrogen and oxygen atoms in total. The summed E-state index contributed by atoms with van der Waals surface area (Å²) in [6, 6.07) is -0.715. The zero-order valence-electron chi connectivity index (χ0n) is 26.5. The highest BCUT2D eigenvalue weighted by Gasteiger charge is 2.25. The first kappa shape index (κ1) is 38.3. The van der Waals surface area contributed by atoms with Gasteiger partial charge in [0.25, 0.3) is 0 Å². The minimum Gasteiger partial charge on any atom is -0.544 e. The molecule has 0 saturated heterocycles. The Morgan fingerprint density at radius 2 is 1.10 bits per heavy atom. The average molecular weight is 572 g/mol. The Balaban J connectivity index is 4.49. The monoisotopic (exact) mass is 571 g/mol. The Kier molecular flexibility index (Phi) is 24.0. The molecular weight excluding hydrogens is 510 g/mol. The molecule has 0 fully saturated rings. The van der Waals surface area contributed by atoms with Crippen molar-refractivity contribution in [2.24, 2.45) is 0 Å². The van der Waals surface area contributed by atoms with Crippen LogP contribution in [0.15, 0.2) is 0 Å². The second-order valence-electron chi connectivity index (χ2n) is 12.1. The maximum absolute atomic E-state index is 12.4. The molecule has 0 aromatic carbocycles. The summed E-state index contributed by atoms with van der Waals surface area (Å²) in [5.74, 6) is -1.74. The van der Waals surface area contributed by atoms with Crippen molar-refractivity contribution >= 4 is 17.9 Å². The van der Waals surface area contributed by atoms with Crippen molar-refractivity contribution in [3.05, 3.63) is 0 Å². The van der Waals surface area contributed by atoms with Gasteiger partial charge in [0.15, 0.2) is 6.10 Å². The number of likely N-dealkylation sites (N-methyl/N-ethyl adjacent to an activating group) is 1. The quantitative estimate of drug-likeness (QED) is 0.0671. The van der Waals surface area contributed by atoms with Crippen molar-refractivity contribution in [1.29, 1.82) is 0 Å². The van der Waals surface area contributed by atoms with Gasteiger partial charge in [0, 0.05) is 19.3 Å². The number of carboxylic acids is 1. The number of nitrogens with zero attached hydrogens (tertiary/aromatic N) is 1. The summed E-state index contributed by atoms with van der Waals surface area (Å²) in [6.45, 7) is 4.57. The number of esters is 2. The van der Waals surface area contributed by atoms with E-state index in [1.807, 2.05) is 0 Å². The van der Waals surface area contributed by atoms with Crippen LogP contribution in [0.25, 0.3) is 0 Å². The highest BCUT2D eigenvalue weighted by atomic mass is 16.6. The van der Waals surface area contributed by atoms with Crippen LogP contribution in [0, 0.1) is 0 Å². The van der Waals surface area contributed by atoms with Crippen molar-refractivity contribution in [3.8, 4) is 0 Å². The second kappa shape index (κ2) is 25.1. The van der Waals surface area contributed by atoms with Crippen LogP contribution in [0.2, 0.25) is 0 Å². The van der Waals surface area contributed by atoms with Gasteiger partial charge in [-0.05, 0) is 12.8 Å². The first-order valence-corrected chi connectivity index (χ1v) is 16.1. The number of aliphatic carboxylic acids is 1. The van der Waals surface area contributed by atoms with Crippen molar-refractivity contribution in [1.82, 2.24) is 0 Å². The average Bonchev–Trinajstić information content (AvgIpc) is 2.89. The molecule has 2 unspecified atom stereocenters. The molecule has 0 aliphatic rings. The lowest BCUT2D eigenvalue weighted by atomic mass is 10.1. The van der Waals surface area contributed by atoms with Crippen LogP contribution < -0.4 is 5.11 Å². The molecule has 0 N–H and O–H groups in total. The third-order valence-electron chi connectivity index (χ3n) is 7.24. The molecule has 0 aliphatic heterocycles. The van der Waals surface area contributed by atoms with E-state index < -0.39 is 18.1 Å².